The summed E-state index contributed by atoms with van der Waals surface area (Å²) < 4.78 is 11.4. The Hall–Kier alpha value is -1.10. The maximum absolute atomic E-state index is 6.44. The largest absolute Gasteiger partial charge is 0.496 e. The van der Waals surface area contributed by atoms with Crippen LogP contribution in [0.4, 0.5) is 0 Å². The minimum atomic E-state index is -0.117. The van der Waals surface area contributed by atoms with Crippen molar-refractivity contribution in [3.8, 4) is 5.75 Å². The lowest BCUT2D eigenvalue weighted by molar-refractivity contribution is -0.129. The molecule has 2 rings (SSSR count). The molecule has 1 aliphatic rings. The van der Waals surface area contributed by atoms with Crippen LogP contribution < -0.4 is 10.5 Å². The summed E-state index contributed by atoms with van der Waals surface area (Å²) in [4.78, 5) is 2.39. The van der Waals surface area contributed by atoms with Crippen molar-refractivity contribution in [1.29, 1.82) is 0 Å². The second kappa shape index (κ2) is 6.34. The van der Waals surface area contributed by atoms with Crippen LogP contribution in [0.2, 0.25) is 0 Å². The van der Waals surface area contributed by atoms with Crippen molar-refractivity contribution >= 4 is 0 Å². The van der Waals surface area contributed by atoms with Gasteiger partial charge in [0, 0.05) is 31.2 Å². The third kappa shape index (κ3) is 4.19. The van der Waals surface area contributed by atoms with Crippen LogP contribution in [-0.4, -0.2) is 43.3 Å². The second-order valence-corrected chi connectivity index (χ2v) is 6.73. The van der Waals surface area contributed by atoms with E-state index in [4.69, 9.17) is 15.2 Å². The van der Waals surface area contributed by atoms with Gasteiger partial charge in [-0.1, -0.05) is 17.7 Å². The van der Waals surface area contributed by atoms with Crippen LogP contribution in [0.1, 0.15) is 37.9 Å². The first-order valence-corrected chi connectivity index (χ1v) is 7.61. The van der Waals surface area contributed by atoms with Gasteiger partial charge in [0.2, 0.25) is 0 Å². The van der Waals surface area contributed by atoms with Gasteiger partial charge >= 0.3 is 0 Å². The van der Waals surface area contributed by atoms with Crippen LogP contribution in [0.5, 0.6) is 5.75 Å². The van der Waals surface area contributed by atoms with Crippen molar-refractivity contribution in [3.63, 3.8) is 0 Å². The van der Waals surface area contributed by atoms with Gasteiger partial charge in [0.25, 0.3) is 0 Å². The van der Waals surface area contributed by atoms with Gasteiger partial charge in [-0.2, -0.15) is 0 Å². The fourth-order valence-electron chi connectivity index (χ4n) is 3.24. The molecule has 1 aromatic carbocycles. The number of benzene rings is 1. The van der Waals surface area contributed by atoms with Gasteiger partial charge in [-0.3, -0.25) is 4.90 Å². The average Bonchev–Trinajstić information content (AvgIpc) is 2.36. The molecular formula is C17H28N2O2. The lowest BCUT2D eigenvalue weighted by atomic mass is 10.0. The molecule has 1 fully saturated rings. The standard InChI is InChI=1S/C17H28N2O2/c1-12-6-7-16(20-5)14(8-12)15(18)10-19-9-13(2)21-17(3,4)11-19/h6-8,13,15H,9-11,18H2,1-5H3. The van der Waals surface area contributed by atoms with Crippen LogP contribution in [0.15, 0.2) is 18.2 Å². The summed E-state index contributed by atoms with van der Waals surface area (Å²) in [5.41, 5.74) is 8.61. The molecule has 2 atom stereocenters. The first kappa shape index (κ1) is 16.3. The van der Waals surface area contributed by atoms with E-state index in [0.717, 1.165) is 30.9 Å². The number of rotatable bonds is 4. The molecule has 0 aromatic heterocycles. The first-order valence-electron chi connectivity index (χ1n) is 7.61. The number of methoxy groups -OCH3 is 1. The molecule has 0 spiro atoms. The molecule has 2 unspecified atom stereocenters. The molecule has 4 nitrogen and oxygen atoms in total. The SMILES string of the molecule is COc1ccc(C)cc1C(N)CN1CC(C)OC(C)(C)C1. The van der Waals surface area contributed by atoms with Gasteiger partial charge < -0.3 is 15.2 Å². The molecule has 2 N–H and O–H groups in total. The Bertz CT molecular complexity index is 488. The van der Waals surface area contributed by atoms with Gasteiger partial charge in [0.15, 0.2) is 0 Å². The number of nitrogens with two attached hydrogens (primary N) is 1. The highest BCUT2D eigenvalue weighted by Gasteiger charge is 2.32. The minimum Gasteiger partial charge on any atom is -0.496 e. The predicted octanol–water partition coefficient (Wildman–Crippen LogP) is 2.50. The molecular weight excluding hydrogens is 264 g/mol. The third-order valence-corrected chi connectivity index (χ3v) is 3.88. The van der Waals surface area contributed by atoms with Gasteiger partial charge in [-0.05, 0) is 33.8 Å². The van der Waals surface area contributed by atoms with Crippen molar-refractivity contribution in [1.82, 2.24) is 4.90 Å². The molecule has 21 heavy (non-hydrogen) atoms. The fraction of sp³-hybridized carbons (Fsp3) is 0.647. The lowest BCUT2D eigenvalue weighted by Crippen LogP contribution is -2.53. The van der Waals surface area contributed by atoms with Crippen molar-refractivity contribution < 1.29 is 9.47 Å². The second-order valence-electron chi connectivity index (χ2n) is 6.73. The molecule has 0 aliphatic carbocycles. The monoisotopic (exact) mass is 292 g/mol. The quantitative estimate of drug-likeness (QED) is 0.926. The van der Waals surface area contributed by atoms with E-state index in [1.807, 2.05) is 6.07 Å². The molecule has 4 heteroatoms. The van der Waals surface area contributed by atoms with E-state index in [1.165, 1.54) is 5.56 Å². The number of hydrogen-bond acceptors (Lipinski definition) is 4. The number of hydrogen-bond donors (Lipinski definition) is 1. The Morgan fingerprint density at radius 1 is 1.48 bits per heavy atom. The zero-order valence-electron chi connectivity index (χ0n) is 13.8. The van der Waals surface area contributed by atoms with Crippen molar-refractivity contribution in [2.45, 2.75) is 45.4 Å². The van der Waals surface area contributed by atoms with E-state index in [-0.39, 0.29) is 17.7 Å². The summed E-state index contributed by atoms with van der Waals surface area (Å²) in [5, 5.41) is 0. The van der Waals surface area contributed by atoms with E-state index in [2.05, 4.69) is 44.7 Å². The molecule has 1 aromatic rings. The summed E-state index contributed by atoms with van der Waals surface area (Å²) in [6.45, 7) is 11.1. The van der Waals surface area contributed by atoms with Crippen molar-refractivity contribution in [2.75, 3.05) is 26.7 Å². The first-order chi connectivity index (χ1) is 9.80. The van der Waals surface area contributed by atoms with Gasteiger partial charge in [0.1, 0.15) is 5.75 Å². The highest BCUT2D eigenvalue weighted by Crippen LogP contribution is 2.27. The van der Waals surface area contributed by atoms with E-state index in [0.29, 0.717) is 0 Å². The average molecular weight is 292 g/mol. The summed E-state index contributed by atoms with van der Waals surface area (Å²) >= 11 is 0. The number of aryl methyl sites for hydroxylation is 1. The van der Waals surface area contributed by atoms with E-state index in [9.17, 15) is 0 Å². The molecule has 118 valence electrons. The van der Waals surface area contributed by atoms with Gasteiger partial charge in [-0.25, -0.2) is 0 Å². The van der Waals surface area contributed by atoms with Crippen molar-refractivity contribution in [2.24, 2.45) is 5.73 Å². The number of ether oxygens (including phenoxy) is 2. The smallest absolute Gasteiger partial charge is 0.123 e. The normalized spacial score (nSPS) is 23.8. The number of morpholine rings is 1. The molecule has 1 heterocycles. The fourth-order valence-corrected chi connectivity index (χ4v) is 3.24. The maximum Gasteiger partial charge on any atom is 0.123 e. The zero-order chi connectivity index (χ0) is 15.6. The van der Waals surface area contributed by atoms with Crippen LogP contribution >= 0.6 is 0 Å². The Labute approximate surface area is 128 Å². The lowest BCUT2D eigenvalue weighted by Gasteiger charge is -2.42. The molecule has 1 saturated heterocycles. The van der Waals surface area contributed by atoms with Gasteiger partial charge in [-0.15, -0.1) is 0 Å². The van der Waals surface area contributed by atoms with Crippen molar-refractivity contribution in [3.05, 3.63) is 29.3 Å². The Kier molecular flexibility index (Phi) is 4.91. The molecule has 0 bridgehead atoms. The molecule has 1 aliphatic heterocycles. The molecule has 0 amide bonds. The molecule has 0 radical (unpaired) electrons. The van der Waals surface area contributed by atoms with Gasteiger partial charge in [0.05, 0.1) is 18.8 Å². The number of nitrogens with zero attached hydrogens (tertiary/aromatic N) is 1. The third-order valence-electron chi connectivity index (χ3n) is 3.88. The van der Waals surface area contributed by atoms with Crippen LogP contribution in [-0.2, 0) is 4.74 Å². The summed E-state index contributed by atoms with van der Waals surface area (Å²) in [6.07, 6.45) is 0.236. The Balaban J connectivity index is 2.10. The minimum absolute atomic E-state index is 0.0547. The maximum atomic E-state index is 6.44. The highest BCUT2D eigenvalue weighted by atomic mass is 16.5. The summed E-state index contributed by atoms with van der Waals surface area (Å²) in [5.74, 6) is 0.869. The van der Waals surface area contributed by atoms with Crippen LogP contribution in [0.25, 0.3) is 0 Å². The van der Waals surface area contributed by atoms with E-state index < -0.39 is 0 Å². The highest BCUT2D eigenvalue weighted by molar-refractivity contribution is 5.39. The summed E-state index contributed by atoms with van der Waals surface area (Å²) in [6, 6.07) is 6.12. The summed E-state index contributed by atoms with van der Waals surface area (Å²) in [7, 11) is 1.70. The van der Waals surface area contributed by atoms with Crippen LogP contribution in [0, 0.1) is 6.92 Å². The zero-order valence-corrected chi connectivity index (χ0v) is 13.8. The topological polar surface area (TPSA) is 47.7 Å². The van der Waals surface area contributed by atoms with E-state index >= 15 is 0 Å². The predicted molar refractivity (Wildman–Crippen MR) is 85.7 cm³/mol. The Morgan fingerprint density at radius 2 is 2.19 bits per heavy atom. The molecule has 0 saturated carbocycles. The van der Waals surface area contributed by atoms with E-state index in [1.54, 1.807) is 7.11 Å². The van der Waals surface area contributed by atoms with Crippen LogP contribution in [0.3, 0.4) is 0 Å². The Morgan fingerprint density at radius 3 is 2.81 bits per heavy atom.